The van der Waals surface area contributed by atoms with E-state index in [0.29, 0.717) is 5.82 Å². The van der Waals surface area contributed by atoms with Crippen molar-refractivity contribution in [2.75, 3.05) is 12.5 Å². The number of nitrogens with zero attached hydrogens (tertiary/aromatic N) is 4. The molecule has 3 N–H and O–H groups in total. The number of nitrogens with one attached hydrogen (secondary N) is 1. The third-order valence-electron chi connectivity index (χ3n) is 2.95. The Balaban J connectivity index is 2.29. The highest BCUT2D eigenvalue weighted by Gasteiger charge is 2.23. The number of anilines is 1. The molecule has 0 saturated heterocycles. The van der Waals surface area contributed by atoms with E-state index in [-0.39, 0.29) is 22.3 Å². The van der Waals surface area contributed by atoms with Gasteiger partial charge in [-0.05, 0) is 6.07 Å². The lowest BCUT2D eigenvalue weighted by Crippen LogP contribution is -2.28. The predicted molar refractivity (Wildman–Crippen MR) is 78.9 cm³/mol. The lowest BCUT2D eigenvalue weighted by molar-refractivity contribution is 0.451. The van der Waals surface area contributed by atoms with E-state index in [1.54, 1.807) is 24.0 Å². The minimum atomic E-state index is -3.71. The highest BCUT2D eigenvalue weighted by Crippen LogP contribution is 2.23. The zero-order valence-corrected chi connectivity index (χ0v) is 13.1. The molecule has 0 spiro atoms. The Morgan fingerprint density at radius 3 is 2.71 bits per heavy atom. The highest BCUT2D eigenvalue weighted by molar-refractivity contribution is 7.89. The van der Waals surface area contributed by atoms with Crippen LogP contribution in [0, 0.1) is 0 Å². The highest BCUT2D eigenvalue weighted by atomic mass is 35.5. The van der Waals surface area contributed by atoms with Crippen LogP contribution in [0.25, 0.3) is 0 Å². The first-order valence-corrected chi connectivity index (χ1v) is 7.72. The number of nitrogen functional groups attached to an aromatic ring is 1. The molecule has 2 rings (SSSR count). The summed E-state index contributed by atoms with van der Waals surface area (Å²) in [5.74, 6) is 6.04. The molecule has 0 amide bonds. The third kappa shape index (κ3) is 3.16. The average molecular weight is 331 g/mol. The van der Waals surface area contributed by atoms with E-state index in [2.05, 4.69) is 15.4 Å². The second kappa shape index (κ2) is 5.98. The van der Waals surface area contributed by atoms with Gasteiger partial charge in [0.15, 0.2) is 5.82 Å². The van der Waals surface area contributed by atoms with Crippen molar-refractivity contribution >= 4 is 27.4 Å². The molecule has 0 aliphatic carbocycles. The fraction of sp³-hybridized carbons (Fsp3) is 0.273. The van der Waals surface area contributed by atoms with Gasteiger partial charge in [0.2, 0.25) is 10.0 Å². The first-order valence-electron chi connectivity index (χ1n) is 5.91. The molecule has 2 heterocycles. The molecule has 0 saturated carbocycles. The third-order valence-corrected chi connectivity index (χ3v) is 5.00. The number of hydrogen-bond donors (Lipinski definition) is 2. The molecule has 114 valence electrons. The summed E-state index contributed by atoms with van der Waals surface area (Å²) in [6.45, 7) is 0.139. The van der Waals surface area contributed by atoms with Crippen LogP contribution < -0.4 is 11.3 Å². The van der Waals surface area contributed by atoms with Gasteiger partial charge >= 0.3 is 0 Å². The van der Waals surface area contributed by atoms with Gasteiger partial charge in [0.05, 0.1) is 11.6 Å². The molecule has 10 heteroatoms. The number of halogens is 1. The van der Waals surface area contributed by atoms with Crippen molar-refractivity contribution in [1.82, 2.24) is 18.8 Å². The molecule has 0 aliphatic heterocycles. The number of rotatable bonds is 5. The Labute approximate surface area is 127 Å². The Bertz CT molecular complexity index is 745. The molecule has 0 bridgehead atoms. The summed E-state index contributed by atoms with van der Waals surface area (Å²) >= 11 is 5.90. The van der Waals surface area contributed by atoms with Gasteiger partial charge in [0.1, 0.15) is 10.7 Å². The number of aromatic nitrogens is 3. The molecule has 2 aromatic heterocycles. The molecular formula is C11H15ClN6O2S. The molecule has 8 nitrogen and oxygen atoms in total. The summed E-state index contributed by atoms with van der Waals surface area (Å²) in [6, 6.07) is 1.30. The normalized spacial score (nSPS) is 11.9. The largest absolute Gasteiger partial charge is 0.337 e. The monoisotopic (exact) mass is 330 g/mol. The van der Waals surface area contributed by atoms with E-state index in [0.717, 1.165) is 0 Å². The molecule has 21 heavy (non-hydrogen) atoms. The summed E-state index contributed by atoms with van der Waals surface area (Å²) in [5, 5.41) is 0.129. The summed E-state index contributed by atoms with van der Waals surface area (Å²) in [7, 11) is -0.455. The van der Waals surface area contributed by atoms with Gasteiger partial charge in [-0.15, -0.1) is 0 Å². The number of imidazole rings is 1. The Morgan fingerprint density at radius 1 is 1.48 bits per heavy atom. The maximum absolute atomic E-state index is 12.5. The molecule has 0 radical (unpaired) electrons. The van der Waals surface area contributed by atoms with Crippen LogP contribution in [0.15, 0.2) is 29.6 Å². The summed E-state index contributed by atoms with van der Waals surface area (Å²) < 4.78 is 27.8. The number of nitrogens with two attached hydrogens (primary N) is 1. The standard InChI is InChI=1S/C11H15ClN6O2S/c1-17-4-3-14-10(17)7-18(2)21(19,20)8-5-9(12)11(16-13)15-6-8/h3-6H,7,13H2,1-2H3,(H,15,16). The van der Waals surface area contributed by atoms with Gasteiger partial charge in [0, 0.05) is 32.7 Å². The second-order valence-corrected chi connectivity index (χ2v) is 6.81. The van der Waals surface area contributed by atoms with Crippen molar-refractivity contribution in [3.05, 3.63) is 35.5 Å². The van der Waals surface area contributed by atoms with Crippen LogP contribution in [0.3, 0.4) is 0 Å². The van der Waals surface area contributed by atoms with E-state index in [1.165, 1.54) is 23.6 Å². The zero-order valence-electron chi connectivity index (χ0n) is 11.5. The lowest BCUT2D eigenvalue weighted by Gasteiger charge is -2.17. The first-order chi connectivity index (χ1) is 9.86. The van der Waals surface area contributed by atoms with Crippen LogP contribution in [0.4, 0.5) is 5.82 Å². The topological polar surface area (TPSA) is 106 Å². The maximum Gasteiger partial charge on any atom is 0.244 e. The molecule has 0 atom stereocenters. The van der Waals surface area contributed by atoms with Gasteiger partial charge in [-0.3, -0.25) is 0 Å². The van der Waals surface area contributed by atoms with E-state index in [9.17, 15) is 8.42 Å². The average Bonchev–Trinajstić information content (AvgIpc) is 2.84. The van der Waals surface area contributed by atoms with Crippen molar-refractivity contribution in [1.29, 1.82) is 0 Å². The number of pyridine rings is 1. The van der Waals surface area contributed by atoms with Crippen molar-refractivity contribution < 1.29 is 8.42 Å². The van der Waals surface area contributed by atoms with Crippen LogP contribution >= 0.6 is 11.6 Å². The van der Waals surface area contributed by atoms with E-state index in [1.807, 2.05) is 0 Å². The number of hydrazine groups is 1. The smallest absolute Gasteiger partial charge is 0.244 e. The fourth-order valence-corrected chi connectivity index (χ4v) is 3.06. The van der Waals surface area contributed by atoms with E-state index >= 15 is 0 Å². The van der Waals surface area contributed by atoms with Gasteiger partial charge < -0.3 is 9.99 Å². The Hall–Kier alpha value is -1.68. The molecule has 0 unspecified atom stereocenters. The summed E-state index contributed by atoms with van der Waals surface area (Å²) in [4.78, 5) is 7.95. The van der Waals surface area contributed by atoms with E-state index in [4.69, 9.17) is 17.4 Å². The fourth-order valence-electron chi connectivity index (χ4n) is 1.68. The van der Waals surface area contributed by atoms with Crippen molar-refractivity contribution in [3.8, 4) is 0 Å². The molecule has 0 fully saturated rings. The van der Waals surface area contributed by atoms with Crippen LogP contribution in [0.1, 0.15) is 5.82 Å². The van der Waals surface area contributed by atoms with Crippen LogP contribution in [-0.4, -0.2) is 34.3 Å². The number of aryl methyl sites for hydroxylation is 1. The minimum absolute atomic E-state index is 0.0109. The summed E-state index contributed by atoms with van der Waals surface area (Å²) in [6.07, 6.45) is 4.55. The predicted octanol–water partition coefficient (Wildman–Crippen LogP) is 0.575. The number of sulfonamides is 1. The number of hydrogen-bond acceptors (Lipinski definition) is 6. The van der Waals surface area contributed by atoms with Crippen molar-refractivity contribution in [3.63, 3.8) is 0 Å². The van der Waals surface area contributed by atoms with Gasteiger partial charge in [-0.2, -0.15) is 4.31 Å². The Kier molecular flexibility index (Phi) is 4.47. The van der Waals surface area contributed by atoms with Crippen molar-refractivity contribution in [2.24, 2.45) is 12.9 Å². The van der Waals surface area contributed by atoms with Crippen LogP contribution in [-0.2, 0) is 23.6 Å². The van der Waals surface area contributed by atoms with E-state index < -0.39 is 10.0 Å². The maximum atomic E-state index is 12.5. The van der Waals surface area contributed by atoms with Gasteiger partial charge in [-0.25, -0.2) is 24.2 Å². The van der Waals surface area contributed by atoms with Crippen LogP contribution in [0.5, 0.6) is 0 Å². The molecule has 0 aromatic carbocycles. The van der Waals surface area contributed by atoms with Gasteiger partial charge in [-0.1, -0.05) is 11.6 Å². The zero-order chi connectivity index (χ0) is 15.6. The van der Waals surface area contributed by atoms with Crippen LogP contribution in [0.2, 0.25) is 5.02 Å². The molecule has 0 aliphatic rings. The first kappa shape index (κ1) is 15.7. The Morgan fingerprint density at radius 2 is 2.19 bits per heavy atom. The van der Waals surface area contributed by atoms with Crippen molar-refractivity contribution in [2.45, 2.75) is 11.4 Å². The lowest BCUT2D eigenvalue weighted by atomic mass is 10.5. The van der Waals surface area contributed by atoms with Gasteiger partial charge in [0.25, 0.3) is 0 Å². The summed E-state index contributed by atoms with van der Waals surface area (Å²) in [5.41, 5.74) is 2.28. The second-order valence-electron chi connectivity index (χ2n) is 4.36. The quantitative estimate of drug-likeness (QED) is 0.613. The SMILES string of the molecule is CN(Cc1nccn1C)S(=O)(=O)c1cnc(NN)c(Cl)c1. The molecule has 2 aromatic rings. The minimum Gasteiger partial charge on any atom is -0.337 e. The molecular weight excluding hydrogens is 316 g/mol.